The standard InChI is InChI=1S/C21H21N5O3S/c1-30(28,29)21-24-18(17-10-4-5-12-26(17)21)20(27)25-11-6-7-14(13-25)19-22-15-8-2-3-9-16(15)23-19/h2-5,8-10,12,14H,6-7,11,13H2,1H3,(H,22,23). The number of aromatic nitrogens is 4. The van der Waals surface area contributed by atoms with Crippen molar-refractivity contribution in [2.24, 2.45) is 0 Å². The van der Waals surface area contributed by atoms with Crippen molar-refractivity contribution in [3.63, 3.8) is 0 Å². The number of pyridine rings is 1. The molecule has 1 N–H and O–H groups in total. The van der Waals surface area contributed by atoms with Gasteiger partial charge in [0.05, 0.1) is 16.6 Å². The fourth-order valence-electron chi connectivity index (χ4n) is 4.13. The number of piperidine rings is 1. The summed E-state index contributed by atoms with van der Waals surface area (Å²) in [6.07, 6.45) is 4.49. The van der Waals surface area contributed by atoms with Gasteiger partial charge in [-0.05, 0) is 37.1 Å². The molecule has 0 spiro atoms. The summed E-state index contributed by atoms with van der Waals surface area (Å²) in [6.45, 7) is 1.12. The lowest BCUT2D eigenvalue weighted by Gasteiger charge is -2.31. The highest BCUT2D eigenvalue weighted by molar-refractivity contribution is 7.90. The Bertz CT molecular complexity index is 1340. The summed E-state index contributed by atoms with van der Waals surface area (Å²) in [5.41, 5.74) is 2.55. The molecule has 0 saturated carbocycles. The summed E-state index contributed by atoms with van der Waals surface area (Å²) >= 11 is 0. The average Bonchev–Trinajstić information content (AvgIpc) is 3.35. The van der Waals surface area contributed by atoms with Gasteiger partial charge >= 0.3 is 0 Å². The van der Waals surface area contributed by atoms with Crippen LogP contribution in [0.2, 0.25) is 0 Å². The van der Waals surface area contributed by atoms with Crippen LogP contribution in [0, 0.1) is 0 Å². The zero-order valence-corrected chi connectivity index (χ0v) is 17.3. The number of imidazole rings is 2. The minimum absolute atomic E-state index is 0.0957. The van der Waals surface area contributed by atoms with E-state index in [1.54, 1.807) is 29.3 Å². The largest absolute Gasteiger partial charge is 0.342 e. The lowest BCUT2D eigenvalue weighted by Crippen LogP contribution is -2.39. The molecule has 1 amide bonds. The minimum atomic E-state index is -3.58. The molecule has 154 valence electrons. The summed E-state index contributed by atoms with van der Waals surface area (Å²) in [5.74, 6) is 0.716. The molecule has 5 rings (SSSR count). The number of nitrogens with zero attached hydrogens (tertiary/aromatic N) is 4. The zero-order valence-electron chi connectivity index (χ0n) is 16.4. The number of aromatic amines is 1. The Morgan fingerprint density at radius 1 is 1.13 bits per heavy atom. The number of amides is 1. The van der Waals surface area contributed by atoms with E-state index in [9.17, 15) is 13.2 Å². The predicted octanol–water partition coefficient (Wildman–Crippen LogP) is 2.63. The number of para-hydroxylation sites is 2. The number of nitrogens with one attached hydrogen (secondary N) is 1. The number of rotatable bonds is 3. The first-order valence-electron chi connectivity index (χ1n) is 9.83. The molecule has 0 aliphatic carbocycles. The van der Waals surface area contributed by atoms with Crippen molar-refractivity contribution >= 4 is 32.3 Å². The van der Waals surface area contributed by atoms with Crippen molar-refractivity contribution in [2.75, 3.05) is 19.3 Å². The fourth-order valence-corrected chi connectivity index (χ4v) is 4.90. The van der Waals surface area contributed by atoms with Crippen molar-refractivity contribution in [3.05, 3.63) is 60.2 Å². The third-order valence-electron chi connectivity index (χ3n) is 5.55. The lowest BCUT2D eigenvalue weighted by atomic mass is 9.97. The van der Waals surface area contributed by atoms with E-state index in [1.807, 2.05) is 24.3 Å². The van der Waals surface area contributed by atoms with Gasteiger partial charge < -0.3 is 9.88 Å². The number of benzene rings is 1. The molecule has 30 heavy (non-hydrogen) atoms. The van der Waals surface area contributed by atoms with Crippen LogP contribution < -0.4 is 0 Å². The molecule has 1 aromatic carbocycles. The molecule has 1 unspecified atom stereocenters. The molecular weight excluding hydrogens is 402 g/mol. The molecule has 1 aliphatic rings. The number of carbonyl (C=O) groups is 1. The van der Waals surface area contributed by atoms with Gasteiger partial charge in [0, 0.05) is 31.5 Å². The molecule has 4 heterocycles. The highest BCUT2D eigenvalue weighted by Crippen LogP contribution is 2.28. The van der Waals surface area contributed by atoms with Crippen molar-refractivity contribution in [1.29, 1.82) is 0 Å². The smallest absolute Gasteiger partial charge is 0.274 e. The third kappa shape index (κ3) is 3.15. The Labute approximate surface area is 173 Å². The fraction of sp³-hybridized carbons (Fsp3) is 0.286. The zero-order chi connectivity index (χ0) is 20.9. The van der Waals surface area contributed by atoms with Gasteiger partial charge in [0.1, 0.15) is 5.82 Å². The molecule has 1 saturated heterocycles. The number of fused-ring (bicyclic) bond motifs is 2. The first-order chi connectivity index (χ1) is 14.4. The Hall–Kier alpha value is -3.20. The maximum Gasteiger partial charge on any atom is 0.274 e. The van der Waals surface area contributed by atoms with Crippen molar-refractivity contribution < 1.29 is 13.2 Å². The number of hydrogen-bond donors (Lipinski definition) is 1. The van der Waals surface area contributed by atoms with Crippen molar-refractivity contribution in [2.45, 2.75) is 23.9 Å². The van der Waals surface area contributed by atoms with Gasteiger partial charge in [0.15, 0.2) is 5.69 Å². The maximum atomic E-state index is 13.3. The number of likely N-dealkylation sites (tertiary alicyclic amines) is 1. The van der Waals surface area contributed by atoms with Crippen LogP contribution in [-0.2, 0) is 9.84 Å². The Morgan fingerprint density at radius 3 is 2.73 bits per heavy atom. The van der Waals surface area contributed by atoms with E-state index in [0.717, 1.165) is 36.0 Å². The van der Waals surface area contributed by atoms with Crippen LogP contribution in [0.15, 0.2) is 53.8 Å². The molecule has 4 aromatic rings. The monoisotopic (exact) mass is 423 g/mol. The molecule has 3 aromatic heterocycles. The molecule has 1 fully saturated rings. The van der Waals surface area contributed by atoms with Gasteiger partial charge in [-0.15, -0.1) is 0 Å². The van der Waals surface area contributed by atoms with Crippen LogP contribution in [0.3, 0.4) is 0 Å². The van der Waals surface area contributed by atoms with Crippen molar-refractivity contribution in [3.8, 4) is 0 Å². The maximum absolute atomic E-state index is 13.3. The summed E-state index contributed by atoms with van der Waals surface area (Å²) < 4.78 is 25.8. The second-order valence-electron chi connectivity index (χ2n) is 7.70. The second-order valence-corrected chi connectivity index (χ2v) is 9.61. The predicted molar refractivity (Wildman–Crippen MR) is 112 cm³/mol. The van der Waals surface area contributed by atoms with Gasteiger partial charge in [-0.25, -0.2) is 18.4 Å². The van der Waals surface area contributed by atoms with E-state index in [2.05, 4.69) is 9.97 Å². The SMILES string of the molecule is CS(=O)(=O)c1nc(C(=O)N2CCCC(c3nc4ccccc4[nH]3)C2)c2ccccn12. The first-order valence-corrected chi connectivity index (χ1v) is 11.7. The van der Waals surface area contributed by atoms with E-state index < -0.39 is 9.84 Å². The molecular formula is C21H21N5O3S. The third-order valence-corrected chi connectivity index (χ3v) is 6.50. The van der Waals surface area contributed by atoms with Crippen LogP contribution >= 0.6 is 0 Å². The Kier molecular flexibility index (Phi) is 4.35. The second kappa shape index (κ2) is 6.94. The number of sulfone groups is 1. The van der Waals surface area contributed by atoms with Gasteiger partial charge in [-0.2, -0.15) is 0 Å². The highest BCUT2D eigenvalue weighted by Gasteiger charge is 2.31. The van der Waals surface area contributed by atoms with Crippen molar-refractivity contribution in [1.82, 2.24) is 24.3 Å². The summed E-state index contributed by atoms with van der Waals surface area (Å²) in [4.78, 5) is 27.4. The first kappa shape index (κ1) is 18.8. The molecule has 9 heteroatoms. The topological polar surface area (TPSA) is 100 Å². The Morgan fingerprint density at radius 2 is 1.93 bits per heavy atom. The van der Waals surface area contributed by atoms with Crippen LogP contribution in [0.1, 0.15) is 35.1 Å². The van der Waals surface area contributed by atoms with Crippen LogP contribution in [-0.4, -0.2) is 57.9 Å². The van der Waals surface area contributed by atoms with Crippen LogP contribution in [0.5, 0.6) is 0 Å². The van der Waals surface area contributed by atoms with Gasteiger partial charge in [-0.3, -0.25) is 9.20 Å². The Balaban J connectivity index is 1.48. The normalized spacial score (nSPS) is 17.6. The molecule has 0 radical (unpaired) electrons. The van der Waals surface area contributed by atoms with E-state index in [1.165, 1.54) is 4.40 Å². The summed E-state index contributed by atoms with van der Waals surface area (Å²) in [6, 6.07) is 13.1. The average molecular weight is 423 g/mol. The van der Waals surface area contributed by atoms with Gasteiger partial charge in [0.2, 0.25) is 15.0 Å². The molecule has 8 nitrogen and oxygen atoms in total. The van der Waals surface area contributed by atoms with Gasteiger partial charge in [-0.1, -0.05) is 18.2 Å². The number of hydrogen-bond acceptors (Lipinski definition) is 5. The lowest BCUT2D eigenvalue weighted by molar-refractivity contribution is 0.0701. The van der Waals surface area contributed by atoms with E-state index >= 15 is 0 Å². The van der Waals surface area contributed by atoms with Crippen LogP contribution in [0.25, 0.3) is 16.6 Å². The van der Waals surface area contributed by atoms with Crippen LogP contribution in [0.4, 0.5) is 0 Å². The quantitative estimate of drug-likeness (QED) is 0.546. The summed E-state index contributed by atoms with van der Waals surface area (Å²) in [5, 5.41) is -0.118. The van der Waals surface area contributed by atoms with E-state index in [-0.39, 0.29) is 22.7 Å². The molecule has 0 bridgehead atoms. The summed E-state index contributed by atoms with van der Waals surface area (Å²) in [7, 11) is -3.58. The van der Waals surface area contributed by atoms with Gasteiger partial charge in [0.25, 0.3) is 5.91 Å². The highest BCUT2D eigenvalue weighted by atomic mass is 32.2. The number of H-pyrrole nitrogens is 1. The van der Waals surface area contributed by atoms with E-state index in [4.69, 9.17) is 4.98 Å². The molecule has 1 atom stereocenters. The van der Waals surface area contributed by atoms with E-state index in [0.29, 0.717) is 18.6 Å². The molecule has 1 aliphatic heterocycles. The minimum Gasteiger partial charge on any atom is -0.342 e. The number of carbonyl (C=O) groups excluding carboxylic acids is 1.